The third-order valence-corrected chi connectivity index (χ3v) is 6.39. The molecule has 0 radical (unpaired) electrons. The number of pyridine rings is 1. The second kappa shape index (κ2) is 9.27. The lowest BCUT2D eigenvalue weighted by Crippen LogP contribution is -2.09. The number of thiophene rings is 1. The van der Waals surface area contributed by atoms with Crippen molar-refractivity contribution in [2.45, 2.75) is 24.1 Å². The van der Waals surface area contributed by atoms with Crippen molar-refractivity contribution in [3.63, 3.8) is 0 Å². The summed E-state index contributed by atoms with van der Waals surface area (Å²) >= 11 is 2.93. The number of ether oxygens (including phenoxy) is 1. The maximum atomic E-state index is 12.2. The van der Waals surface area contributed by atoms with Crippen LogP contribution in [0.1, 0.15) is 19.0 Å². The molecule has 0 unspecified atom stereocenters. The van der Waals surface area contributed by atoms with E-state index in [1.807, 2.05) is 18.4 Å². The zero-order chi connectivity index (χ0) is 21.8. The number of aromatic nitrogens is 3. The number of nitro groups is 1. The van der Waals surface area contributed by atoms with Gasteiger partial charge in [0.25, 0.3) is 5.69 Å². The van der Waals surface area contributed by atoms with Crippen LogP contribution in [-0.2, 0) is 5.75 Å². The van der Waals surface area contributed by atoms with Gasteiger partial charge in [0.15, 0.2) is 5.75 Å². The molecule has 4 aromatic rings. The van der Waals surface area contributed by atoms with Gasteiger partial charge in [-0.15, -0.1) is 11.3 Å². The second-order valence-electron chi connectivity index (χ2n) is 6.64. The fraction of sp³-hybridized carbons (Fsp3) is 0.190. The number of nitrogens with zero attached hydrogens (tertiary/aromatic N) is 3. The largest absolute Gasteiger partial charge is 0.488 e. The molecule has 0 aliphatic heterocycles. The first-order valence-corrected chi connectivity index (χ1v) is 11.4. The molecule has 4 rings (SSSR count). The minimum atomic E-state index is -0.408. The fourth-order valence-electron chi connectivity index (χ4n) is 3.01. The Balaban J connectivity index is 1.63. The van der Waals surface area contributed by atoms with Gasteiger partial charge in [-0.25, -0.2) is 9.97 Å². The first kappa shape index (κ1) is 21.0. The average molecular weight is 455 g/mol. The molecule has 3 aromatic heterocycles. The zero-order valence-corrected chi connectivity index (χ0v) is 18.2. The number of H-pyrrole nitrogens is 1. The molecule has 0 saturated carbocycles. The van der Waals surface area contributed by atoms with E-state index < -0.39 is 4.92 Å². The minimum absolute atomic E-state index is 0.0332. The van der Waals surface area contributed by atoms with Gasteiger partial charge in [0.1, 0.15) is 16.2 Å². The number of fused-ring (bicyclic) bond motifs is 1. The number of nitrogens with one attached hydrogen (secondary N) is 1. The Morgan fingerprint density at radius 2 is 2.16 bits per heavy atom. The maximum Gasteiger partial charge on any atom is 0.270 e. The predicted molar refractivity (Wildman–Crippen MR) is 122 cm³/mol. The van der Waals surface area contributed by atoms with Crippen molar-refractivity contribution in [2.24, 2.45) is 0 Å². The zero-order valence-electron chi connectivity index (χ0n) is 16.5. The standard InChI is InChI=1S/C21H18N4O4S2/c1-2-6-29-18-9-22-14(8-17(18)26)10-30-20-19-16(11-31-21(19)24-12-23-20)13-4-3-5-15(7-13)25(27)28/h3-5,7-9,11-12H,2,6,10H2,1H3,(H,22,26). The van der Waals surface area contributed by atoms with E-state index >= 15 is 0 Å². The Morgan fingerprint density at radius 1 is 1.29 bits per heavy atom. The molecule has 0 aliphatic rings. The molecule has 31 heavy (non-hydrogen) atoms. The van der Waals surface area contributed by atoms with Crippen molar-refractivity contribution >= 4 is 39.0 Å². The highest BCUT2D eigenvalue weighted by Gasteiger charge is 2.16. The van der Waals surface area contributed by atoms with Crippen LogP contribution in [-0.4, -0.2) is 26.5 Å². The number of nitro benzene ring substituents is 1. The number of aromatic amines is 1. The summed E-state index contributed by atoms with van der Waals surface area (Å²) in [5.74, 6) is 0.811. The molecular formula is C21H18N4O4S2. The number of hydrogen-bond donors (Lipinski definition) is 1. The van der Waals surface area contributed by atoms with E-state index in [-0.39, 0.29) is 11.1 Å². The van der Waals surface area contributed by atoms with Gasteiger partial charge in [-0.2, -0.15) is 0 Å². The summed E-state index contributed by atoms with van der Waals surface area (Å²) < 4.78 is 5.42. The summed E-state index contributed by atoms with van der Waals surface area (Å²) in [6, 6.07) is 8.05. The third kappa shape index (κ3) is 4.59. The number of benzene rings is 1. The molecule has 1 aromatic carbocycles. The molecule has 0 amide bonds. The highest BCUT2D eigenvalue weighted by molar-refractivity contribution is 7.98. The lowest BCUT2D eigenvalue weighted by atomic mass is 10.1. The summed E-state index contributed by atoms with van der Waals surface area (Å²) in [7, 11) is 0. The van der Waals surface area contributed by atoms with E-state index in [1.54, 1.807) is 18.3 Å². The predicted octanol–water partition coefficient (Wildman–Crippen LogP) is 5.04. The average Bonchev–Trinajstić information content (AvgIpc) is 3.22. The molecule has 0 atom stereocenters. The van der Waals surface area contributed by atoms with Crippen LogP contribution in [0.3, 0.4) is 0 Å². The number of rotatable bonds is 8. The monoisotopic (exact) mass is 454 g/mol. The van der Waals surface area contributed by atoms with E-state index in [0.717, 1.165) is 38.5 Å². The van der Waals surface area contributed by atoms with E-state index in [9.17, 15) is 14.9 Å². The van der Waals surface area contributed by atoms with Gasteiger partial charge in [-0.05, 0) is 12.0 Å². The van der Waals surface area contributed by atoms with Crippen LogP contribution in [0.2, 0.25) is 0 Å². The smallest absolute Gasteiger partial charge is 0.270 e. The van der Waals surface area contributed by atoms with Crippen LogP contribution in [0.15, 0.2) is 58.1 Å². The van der Waals surface area contributed by atoms with Gasteiger partial charge in [0.05, 0.1) is 16.9 Å². The Morgan fingerprint density at radius 3 is 2.94 bits per heavy atom. The van der Waals surface area contributed by atoms with Gasteiger partial charge in [-0.3, -0.25) is 14.9 Å². The number of non-ortho nitro benzene ring substituents is 1. The molecule has 0 saturated heterocycles. The van der Waals surface area contributed by atoms with Crippen molar-refractivity contribution in [1.29, 1.82) is 0 Å². The van der Waals surface area contributed by atoms with Crippen molar-refractivity contribution in [1.82, 2.24) is 15.0 Å². The Labute approximate surface area is 185 Å². The number of hydrogen-bond acceptors (Lipinski definition) is 8. The molecule has 0 aliphatic carbocycles. The Bertz CT molecular complexity index is 1300. The summed E-state index contributed by atoms with van der Waals surface area (Å²) in [6.45, 7) is 2.47. The second-order valence-corrected chi connectivity index (χ2v) is 8.46. The summed E-state index contributed by atoms with van der Waals surface area (Å²) in [5, 5.41) is 14.7. The first-order chi connectivity index (χ1) is 15.1. The third-order valence-electron chi connectivity index (χ3n) is 4.47. The molecule has 3 heterocycles. The molecule has 10 heteroatoms. The van der Waals surface area contributed by atoms with Crippen LogP contribution in [0, 0.1) is 10.1 Å². The fourth-order valence-corrected chi connectivity index (χ4v) is 4.92. The molecule has 8 nitrogen and oxygen atoms in total. The quantitative estimate of drug-likeness (QED) is 0.172. The van der Waals surface area contributed by atoms with E-state index in [4.69, 9.17) is 4.74 Å². The molecule has 0 fully saturated rings. The lowest BCUT2D eigenvalue weighted by molar-refractivity contribution is -0.384. The van der Waals surface area contributed by atoms with Gasteiger partial charge < -0.3 is 9.72 Å². The molecular weight excluding hydrogens is 436 g/mol. The van der Waals surface area contributed by atoms with Crippen molar-refractivity contribution in [2.75, 3.05) is 6.61 Å². The topological polar surface area (TPSA) is 111 Å². The highest BCUT2D eigenvalue weighted by Crippen LogP contribution is 2.39. The molecule has 1 N–H and O–H groups in total. The van der Waals surface area contributed by atoms with Crippen molar-refractivity contribution in [3.05, 3.63) is 74.3 Å². The van der Waals surface area contributed by atoms with Gasteiger partial charge >= 0.3 is 0 Å². The van der Waals surface area contributed by atoms with Crippen LogP contribution in [0.5, 0.6) is 5.75 Å². The molecule has 158 valence electrons. The summed E-state index contributed by atoms with van der Waals surface area (Å²) in [6.07, 6.45) is 3.92. The van der Waals surface area contributed by atoms with E-state index in [0.29, 0.717) is 18.1 Å². The maximum absolute atomic E-state index is 12.2. The van der Waals surface area contributed by atoms with Gasteiger partial charge in [0, 0.05) is 46.8 Å². The van der Waals surface area contributed by atoms with Crippen LogP contribution < -0.4 is 10.2 Å². The highest BCUT2D eigenvalue weighted by atomic mass is 32.2. The number of thioether (sulfide) groups is 1. The van der Waals surface area contributed by atoms with Crippen LogP contribution in [0.4, 0.5) is 5.69 Å². The van der Waals surface area contributed by atoms with Crippen LogP contribution >= 0.6 is 23.1 Å². The van der Waals surface area contributed by atoms with E-state index in [1.165, 1.54) is 41.6 Å². The van der Waals surface area contributed by atoms with Crippen molar-refractivity contribution in [3.8, 4) is 16.9 Å². The lowest BCUT2D eigenvalue weighted by Gasteiger charge is -2.07. The van der Waals surface area contributed by atoms with Crippen molar-refractivity contribution < 1.29 is 9.66 Å². The first-order valence-electron chi connectivity index (χ1n) is 9.51. The van der Waals surface area contributed by atoms with Crippen LogP contribution in [0.25, 0.3) is 21.3 Å². The van der Waals surface area contributed by atoms with Gasteiger partial charge in [0.2, 0.25) is 5.43 Å². The Hall–Kier alpha value is -3.24. The Kier molecular flexibility index (Phi) is 6.28. The summed E-state index contributed by atoms with van der Waals surface area (Å²) in [4.78, 5) is 35.6. The van der Waals surface area contributed by atoms with E-state index in [2.05, 4.69) is 15.0 Å². The molecule has 0 spiro atoms. The minimum Gasteiger partial charge on any atom is -0.488 e. The molecule has 0 bridgehead atoms. The summed E-state index contributed by atoms with van der Waals surface area (Å²) in [5.41, 5.74) is 2.21. The normalized spacial score (nSPS) is 11.0. The van der Waals surface area contributed by atoms with Gasteiger partial charge in [-0.1, -0.05) is 30.8 Å². The SMILES string of the molecule is CCCOc1c[nH]c(CSc2ncnc3scc(-c4cccc([N+](=O)[O-])c4)c23)cc1=O.